The molecule has 6 nitrogen and oxygen atoms in total. The Balaban J connectivity index is 2.39. The quantitative estimate of drug-likeness (QED) is 0.497. The van der Waals surface area contributed by atoms with Gasteiger partial charge in [0.1, 0.15) is 0 Å². The highest BCUT2D eigenvalue weighted by atomic mass is 16.6. The fourth-order valence-electron chi connectivity index (χ4n) is 1.95. The van der Waals surface area contributed by atoms with Crippen molar-refractivity contribution in [2.24, 2.45) is 5.92 Å². The molecule has 0 saturated heterocycles. The molecule has 0 aromatic heterocycles. The van der Waals surface area contributed by atoms with Crippen molar-refractivity contribution in [3.63, 3.8) is 0 Å². The number of benzene rings is 1. The SMILES string of the molecule is CC(C)CC(O)CNCC(O)c1ccc([N+](=O)[O-])cc1. The van der Waals surface area contributed by atoms with Gasteiger partial charge in [0.05, 0.1) is 17.1 Å². The van der Waals surface area contributed by atoms with Gasteiger partial charge < -0.3 is 15.5 Å². The summed E-state index contributed by atoms with van der Waals surface area (Å²) in [6.45, 7) is 4.79. The summed E-state index contributed by atoms with van der Waals surface area (Å²) in [5.41, 5.74) is 0.614. The molecule has 3 N–H and O–H groups in total. The first kappa shape index (κ1) is 16.6. The van der Waals surface area contributed by atoms with Crippen molar-refractivity contribution < 1.29 is 15.1 Å². The molecule has 2 unspecified atom stereocenters. The van der Waals surface area contributed by atoms with Crippen LogP contribution in [0.3, 0.4) is 0 Å². The zero-order chi connectivity index (χ0) is 15.1. The van der Waals surface area contributed by atoms with Crippen molar-refractivity contribution in [1.82, 2.24) is 5.32 Å². The van der Waals surface area contributed by atoms with Crippen molar-refractivity contribution in [2.75, 3.05) is 13.1 Å². The van der Waals surface area contributed by atoms with Crippen LogP contribution in [0, 0.1) is 16.0 Å². The third kappa shape index (κ3) is 5.64. The van der Waals surface area contributed by atoms with E-state index in [0.717, 1.165) is 0 Å². The van der Waals surface area contributed by atoms with Crippen LogP contribution in [-0.2, 0) is 0 Å². The second kappa shape index (κ2) is 7.94. The minimum absolute atomic E-state index is 0.00117. The third-order valence-electron chi connectivity index (χ3n) is 2.95. The van der Waals surface area contributed by atoms with E-state index >= 15 is 0 Å². The van der Waals surface area contributed by atoms with Gasteiger partial charge in [-0.05, 0) is 30.0 Å². The van der Waals surface area contributed by atoms with Gasteiger partial charge in [-0.1, -0.05) is 13.8 Å². The van der Waals surface area contributed by atoms with Crippen LogP contribution in [0.1, 0.15) is 31.9 Å². The molecule has 0 radical (unpaired) electrons. The monoisotopic (exact) mass is 282 g/mol. The maximum Gasteiger partial charge on any atom is 0.269 e. The average Bonchev–Trinajstić information content (AvgIpc) is 2.37. The normalized spacial score (nSPS) is 14.2. The molecule has 0 aliphatic heterocycles. The molecule has 6 heteroatoms. The number of nitro groups is 1. The summed E-state index contributed by atoms with van der Waals surface area (Å²) in [5, 5.41) is 33.1. The summed E-state index contributed by atoms with van der Waals surface area (Å²) in [6.07, 6.45) is -0.471. The van der Waals surface area contributed by atoms with Crippen molar-refractivity contribution in [1.29, 1.82) is 0 Å². The van der Waals surface area contributed by atoms with Crippen molar-refractivity contribution in [3.05, 3.63) is 39.9 Å². The molecule has 1 aromatic rings. The van der Waals surface area contributed by atoms with E-state index in [1.54, 1.807) is 0 Å². The molecule has 1 aromatic carbocycles. The molecule has 0 saturated carbocycles. The summed E-state index contributed by atoms with van der Waals surface area (Å²) in [4.78, 5) is 10.0. The Labute approximate surface area is 118 Å². The first-order valence-corrected chi connectivity index (χ1v) is 6.71. The van der Waals surface area contributed by atoms with E-state index in [2.05, 4.69) is 5.32 Å². The number of hydrogen-bond acceptors (Lipinski definition) is 5. The average molecular weight is 282 g/mol. The largest absolute Gasteiger partial charge is 0.392 e. The molecule has 2 atom stereocenters. The zero-order valence-corrected chi connectivity index (χ0v) is 11.8. The standard InChI is InChI=1S/C14H22N2O4/c1-10(2)7-13(17)8-15-9-14(18)11-3-5-12(6-4-11)16(19)20/h3-6,10,13-15,17-18H,7-9H2,1-2H3. The van der Waals surface area contributed by atoms with Crippen LogP contribution in [-0.4, -0.2) is 34.3 Å². The minimum Gasteiger partial charge on any atom is -0.392 e. The van der Waals surface area contributed by atoms with Gasteiger partial charge in [0, 0.05) is 25.2 Å². The van der Waals surface area contributed by atoms with Gasteiger partial charge in [-0.3, -0.25) is 10.1 Å². The Bertz CT molecular complexity index is 420. The predicted molar refractivity (Wildman–Crippen MR) is 76.4 cm³/mol. The van der Waals surface area contributed by atoms with Gasteiger partial charge in [0.2, 0.25) is 0 Å². The highest BCUT2D eigenvalue weighted by molar-refractivity contribution is 5.33. The molecule has 0 fully saturated rings. The summed E-state index contributed by atoms with van der Waals surface area (Å²) in [7, 11) is 0. The lowest BCUT2D eigenvalue weighted by Crippen LogP contribution is -2.31. The van der Waals surface area contributed by atoms with Crippen LogP contribution >= 0.6 is 0 Å². The summed E-state index contributed by atoms with van der Waals surface area (Å²) >= 11 is 0. The second-order valence-electron chi connectivity index (χ2n) is 5.31. The topological polar surface area (TPSA) is 95.6 Å². The summed E-state index contributed by atoms with van der Waals surface area (Å²) in [6, 6.07) is 5.81. The molecule has 0 amide bonds. The summed E-state index contributed by atoms with van der Waals surface area (Å²) < 4.78 is 0. The van der Waals surface area contributed by atoms with Crippen molar-refractivity contribution in [2.45, 2.75) is 32.5 Å². The van der Waals surface area contributed by atoms with Gasteiger partial charge in [0.15, 0.2) is 0 Å². The van der Waals surface area contributed by atoms with Crippen LogP contribution in [0.5, 0.6) is 0 Å². The van der Waals surface area contributed by atoms with Crippen molar-refractivity contribution >= 4 is 5.69 Å². The first-order chi connectivity index (χ1) is 9.40. The van der Waals surface area contributed by atoms with Gasteiger partial charge in [-0.2, -0.15) is 0 Å². The van der Waals surface area contributed by atoms with Gasteiger partial charge in [-0.15, -0.1) is 0 Å². The predicted octanol–water partition coefficient (Wildman–Crippen LogP) is 1.62. The Kier molecular flexibility index (Phi) is 6.57. The maximum atomic E-state index is 10.5. The second-order valence-corrected chi connectivity index (χ2v) is 5.31. The Morgan fingerprint density at radius 3 is 2.30 bits per heavy atom. The fraction of sp³-hybridized carbons (Fsp3) is 0.571. The number of aliphatic hydroxyl groups excluding tert-OH is 2. The number of nitrogens with one attached hydrogen (secondary N) is 1. The molecule has 0 spiro atoms. The number of hydrogen-bond donors (Lipinski definition) is 3. The van der Waals surface area contributed by atoms with E-state index < -0.39 is 17.1 Å². The molecule has 112 valence electrons. The lowest BCUT2D eigenvalue weighted by molar-refractivity contribution is -0.384. The minimum atomic E-state index is -0.748. The highest BCUT2D eigenvalue weighted by Crippen LogP contribution is 2.17. The molecular formula is C14H22N2O4. The number of nitrogens with zero attached hydrogens (tertiary/aromatic N) is 1. The van der Waals surface area contributed by atoms with E-state index in [0.29, 0.717) is 31.0 Å². The molecule has 0 aliphatic carbocycles. The van der Waals surface area contributed by atoms with Crippen LogP contribution in [0.25, 0.3) is 0 Å². The fourth-order valence-corrected chi connectivity index (χ4v) is 1.95. The Hall–Kier alpha value is -1.50. The maximum absolute atomic E-state index is 10.5. The lowest BCUT2D eigenvalue weighted by Gasteiger charge is -2.16. The molecule has 0 aliphatic rings. The number of nitro benzene ring substituents is 1. The molecule has 20 heavy (non-hydrogen) atoms. The number of rotatable bonds is 8. The van der Waals surface area contributed by atoms with E-state index in [1.807, 2.05) is 13.8 Å². The molecule has 1 rings (SSSR count). The number of non-ortho nitro benzene ring substituents is 1. The lowest BCUT2D eigenvalue weighted by atomic mass is 10.1. The van der Waals surface area contributed by atoms with E-state index in [1.165, 1.54) is 24.3 Å². The van der Waals surface area contributed by atoms with E-state index in [-0.39, 0.29) is 5.69 Å². The van der Waals surface area contributed by atoms with Crippen LogP contribution in [0.2, 0.25) is 0 Å². The van der Waals surface area contributed by atoms with Crippen molar-refractivity contribution in [3.8, 4) is 0 Å². The Morgan fingerprint density at radius 1 is 1.20 bits per heavy atom. The zero-order valence-electron chi connectivity index (χ0n) is 11.8. The van der Waals surface area contributed by atoms with Gasteiger partial charge in [-0.25, -0.2) is 0 Å². The van der Waals surface area contributed by atoms with Crippen LogP contribution in [0.15, 0.2) is 24.3 Å². The van der Waals surface area contributed by atoms with Crippen LogP contribution < -0.4 is 5.32 Å². The first-order valence-electron chi connectivity index (χ1n) is 6.71. The summed E-state index contributed by atoms with van der Waals surface area (Å²) in [5.74, 6) is 0.423. The van der Waals surface area contributed by atoms with E-state index in [9.17, 15) is 20.3 Å². The number of aliphatic hydroxyl groups is 2. The van der Waals surface area contributed by atoms with Crippen LogP contribution in [0.4, 0.5) is 5.69 Å². The molecule has 0 bridgehead atoms. The smallest absolute Gasteiger partial charge is 0.269 e. The molecule has 0 heterocycles. The highest BCUT2D eigenvalue weighted by Gasteiger charge is 2.11. The van der Waals surface area contributed by atoms with E-state index in [4.69, 9.17) is 0 Å². The van der Waals surface area contributed by atoms with Gasteiger partial charge >= 0.3 is 0 Å². The van der Waals surface area contributed by atoms with Gasteiger partial charge in [0.25, 0.3) is 5.69 Å². The Morgan fingerprint density at radius 2 is 1.80 bits per heavy atom. The third-order valence-corrected chi connectivity index (χ3v) is 2.95. The molecular weight excluding hydrogens is 260 g/mol.